The molecule has 0 aliphatic rings. The van der Waals surface area contributed by atoms with E-state index in [1.807, 2.05) is 13.8 Å². The number of rotatable bonds is 9. The highest BCUT2D eigenvalue weighted by atomic mass is 35.5. The van der Waals surface area contributed by atoms with Crippen LogP contribution in [0.5, 0.6) is 5.75 Å². The minimum absolute atomic E-state index is 0.112. The number of ether oxygens (including phenoxy) is 3. The number of carbonyl (C=O) groups is 1. The first-order valence-electron chi connectivity index (χ1n) is 7.70. The molecule has 0 aliphatic heterocycles. The number of methoxy groups -OCH3 is 1. The Bertz CT molecular complexity index is 519. The van der Waals surface area contributed by atoms with E-state index in [2.05, 4.69) is 5.32 Å². The molecule has 1 atom stereocenters. The van der Waals surface area contributed by atoms with Crippen molar-refractivity contribution in [2.45, 2.75) is 45.8 Å². The second-order valence-electron chi connectivity index (χ2n) is 5.84. The van der Waals surface area contributed by atoms with Gasteiger partial charge in [0.05, 0.1) is 11.6 Å². The van der Waals surface area contributed by atoms with Crippen LogP contribution in [0.2, 0.25) is 5.02 Å². The van der Waals surface area contributed by atoms with Crippen LogP contribution in [-0.2, 0) is 14.3 Å². The Morgan fingerprint density at radius 1 is 1.39 bits per heavy atom. The number of carbonyl (C=O) groups excluding carboxylic acids is 1. The predicted molar refractivity (Wildman–Crippen MR) is 92.4 cm³/mol. The van der Waals surface area contributed by atoms with Gasteiger partial charge in [0.25, 0.3) is 5.91 Å². The maximum atomic E-state index is 12.3. The van der Waals surface area contributed by atoms with Crippen molar-refractivity contribution in [3.63, 3.8) is 0 Å². The van der Waals surface area contributed by atoms with E-state index in [0.29, 0.717) is 29.7 Å². The van der Waals surface area contributed by atoms with E-state index in [9.17, 15) is 4.79 Å². The van der Waals surface area contributed by atoms with Gasteiger partial charge in [-0.25, -0.2) is 0 Å². The van der Waals surface area contributed by atoms with Crippen molar-refractivity contribution in [1.82, 2.24) is 0 Å². The lowest BCUT2D eigenvalue weighted by Gasteiger charge is -2.24. The van der Waals surface area contributed by atoms with Gasteiger partial charge in [-0.1, -0.05) is 18.5 Å². The molecule has 0 bridgehead atoms. The van der Waals surface area contributed by atoms with Crippen LogP contribution >= 0.6 is 11.6 Å². The fourth-order valence-corrected chi connectivity index (χ4v) is 2.09. The molecule has 1 aromatic rings. The molecular formula is C17H26ClNO4. The van der Waals surface area contributed by atoms with Crippen molar-refractivity contribution in [3.8, 4) is 5.75 Å². The first-order valence-corrected chi connectivity index (χ1v) is 8.08. The van der Waals surface area contributed by atoms with Crippen molar-refractivity contribution in [1.29, 1.82) is 0 Å². The summed E-state index contributed by atoms with van der Waals surface area (Å²) in [5, 5.41) is 3.24. The molecule has 0 aliphatic carbocycles. The Kier molecular flexibility index (Phi) is 7.82. The van der Waals surface area contributed by atoms with E-state index in [0.717, 1.165) is 6.42 Å². The zero-order valence-electron chi connectivity index (χ0n) is 14.4. The summed E-state index contributed by atoms with van der Waals surface area (Å²) in [4.78, 5) is 12.3. The van der Waals surface area contributed by atoms with E-state index in [1.54, 1.807) is 39.2 Å². The maximum Gasteiger partial charge on any atom is 0.256 e. The first-order chi connectivity index (χ1) is 10.8. The highest BCUT2D eigenvalue weighted by molar-refractivity contribution is 6.32. The smallest absolute Gasteiger partial charge is 0.256 e. The van der Waals surface area contributed by atoms with Gasteiger partial charge in [-0.05, 0) is 45.4 Å². The van der Waals surface area contributed by atoms with Gasteiger partial charge in [-0.3, -0.25) is 4.79 Å². The fourth-order valence-electron chi connectivity index (χ4n) is 1.86. The number of hydrogen-bond donors (Lipinski definition) is 1. The van der Waals surface area contributed by atoms with E-state index < -0.39 is 5.60 Å². The van der Waals surface area contributed by atoms with Gasteiger partial charge in [-0.15, -0.1) is 0 Å². The van der Waals surface area contributed by atoms with Crippen molar-refractivity contribution in [3.05, 3.63) is 23.2 Å². The molecule has 1 amide bonds. The number of anilines is 1. The fraction of sp³-hybridized carbons (Fsp3) is 0.588. The normalized spacial score (nSPS) is 12.8. The van der Waals surface area contributed by atoms with Gasteiger partial charge in [0.15, 0.2) is 0 Å². The number of amides is 1. The molecule has 0 heterocycles. The average Bonchev–Trinajstić information content (AvgIpc) is 2.48. The zero-order valence-corrected chi connectivity index (χ0v) is 15.2. The van der Waals surface area contributed by atoms with Crippen LogP contribution in [0.4, 0.5) is 5.69 Å². The van der Waals surface area contributed by atoms with E-state index >= 15 is 0 Å². The maximum absolute atomic E-state index is 12.3. The summed E-state index contributed by atoms with van der Waals surface area (Å²) in [6.45, 7) is 8.37. The topological polar surface area (TPSA) is 56.8 Å². The highest BCUT2D eigenvalue weighted by Crippen LogP contribution is 2.29. The molecule has 0 saturated carbocycles. The minimum atomic E-state index is -0.898. The van der Waals surface area contributed by atoms with E-state index in [1.165, 1.54) is 0 Å². The lowest BCUT2D eigenvalue weighted by molar-refractivity contribution is -0.137. The SMILES string of the molecule is CCCOC(C)(C)C(=O)Nc1ccc(O[C@H](C)COC)c(Cl)c1. The molecule has 1 rings (SSSR count). The highest BCUT2D eigenvalue weighted by Gasteiger charge is 2.28. The van der Waals surface area contributed by atoms with Gasteiger partial charge in [0.1, 0.15) is 17.5 Å². The zero-order chi connectivity index (χ0) is 17.5. The predicted octanol–water partition coefficient (Wildman–Crippen LogP) is 3.90. The lowest BCUT2D eigenvalue weighted by Crippen LogP contribution is -2.40. The molecule has 6 heteroatoms. The minimum Gasteiger partial charge on any atom is -0.487 e. The summed E-state index contributed by atoms with van der Waals surface area (Å²) in [6.07, 6.45) is 0.744. The number of nitrogens with one attached hydrogen (secondary N) is 1. The van der Waals surface area contributed by atoms with Gasteiger partial charge in [0.2, 0.25) is 0 Å². The molecule has 0 fully saturated rings. The van der Waals surface area contributed by atoms with Gasteiger partial charge in [0, 0.05) is 19.4 Å². The largest absolute Gasteiger partial charge is 0.487 e. The van der Waals surface area contributed by atoms with Crippen LogP contribution in [0.1, 0.15) is 34.1 Å². The molecule has 0 radical (unpaired) electrons. The Hall–Kier alpha value is -1.30. The van der Waals surface area contributed by atoms with Crippen LogP contribution in [-0.4, -0.2) is 37.9 Å². The third-order valence-electron chi connectivity index (χ3n) is 3.13. The second kappa shape index (κ2) is 9.11. The second-order valence-corrected chi connectivity index (χ2v) is 6.25. The quantitative estimate of drug-likeness (QED) is 0.738. The first kappa shape index (κ1) is 19.7. The Labute approximate surface area is 143 Å². The summed E-state index contributed by atoms with van der Waals surface area (Å²) >= 11 is 6.21. The van der Waals surface area contributed by atoms with Crippen LogP contribution < -0.4 is 10.1 Å². The lowest BCUT2D eigenvalue weighted by atomic mass is 10.1. The van der Waals surface area contributed by atoms with Crippen molar-refractivity contribution in [2.24, 2.45) is 0 Å². The van der Waals surface area contributed by atoms with Crippen LogP contribution in [0.3, 0.4) is 0 Å². The molecule has 0 aromatic heterocycles. The number of benzene rings is 1. The monoisotopic (exact) mass is 343 g/mol. The molecule has 130 valence electrons. The van der Waals surface area contributed by atoms with Crippen molar-refractivity contribution < 1.29 is 19.0 Å². The molecule has 1 aromatic carbocycles. The van der Waals surface area contributed by atoms with Crippen molar-refractivity contribution in [2.75, 3.05) is 25.6 Å². The summed E-state index contributed by atoms with van der Waals surface area (Å²) in [6, 6.07) is 5.13. The van der Waals surface area contributed by atoms with Crippen LogP contribution in [0, 0.1) is 0 Å². The molecular weight excluding hydrogens is 318 g/mol. The van der Waals surface area contributed by atoms with Crippen molar-refractivity contribution >= 4 is 23.2 Å². The molecule has 5 nitrogen and oxygen atoms in total. The van der Waals surface area contributed by atoms with Gasteiger partial charge < -0.3 is 19.5 Å². The Balaban J connectivity index is 2.72. The number of hydrogen-bond acceptors (Lipinski definition) is 4. The molecule has 1 N–H and O–H groups in total. The third-order valence-corrected chi connectivity index (χ3v) is 3.43. The summed E-state index contributed by atoms with van der Waals surface area (Å²) in [7, 11) is 1.61. The molecule has 0 unspecified atom stereocenters. The van der Waals surface area contributed by atoms with Gasteiger partial charge in [-0.2, -0.15) is 0 Å². The van der Waals surface area contributed by atoms with E-state index in [4.69, 9.17) is 25.8 Å². The standard InChI is InChI=1S/C17H26ClNO4/c1-6-9-22-17(3,4)16(20)19-13-7-8-15(14(18)10-13)23-12(2)11-21-5/h7-8,10,12H,6,9,11H2,1-5H3,(H,19,20)/t12-/m1/s1. The molecule has 23 heavy (non-hydrogen) atoms. The molecule has 0 saturated heterocycles. The Morgan fingerprint density at radius 3 is 2.65 bits per heavy atom. The van der Waals surface area contributed by atoms with E-state index in [-0.39, 0.29) is 12.0 Å². The number of halogens is 1. The van der Waals surface area contributed by atoms with Crippen LogP contribution in [0.15, 0.2) is 18.2 Å². The summed E-state index contributed by atoms with van der Waals surface area (Å²) in [5.41, 5.74) is -0.301. The summed E-state index contributed by atoms with van der Waals surface area (Å²) in [5.74, 6) is 0.333. The van der Waals surface area contributed by atoms with Gasteiger partial charge >= 0.3 is 0 Å². The Morgan fingerprint density at radius 2 is 2.09 bits per heavy atom. The molecule has 0 spiro atoms. The summed E-state index contributed by atoms with van der Waals surface area (Å²) < 4.78 is 16.3. The average molecular weight is 344 g/mol. The third kappa shape index (κ3) is 6.37. The van der Waals surface area contributed by atoms with Crippen LogP contribution in [0.25, 0.3) is 0 Å².